The van der Waals surface area contributed by atoms with Crippen LogP contribution < -0.4 is 11.3 Å². The second-order valence-corrected chi connectivity index (χ2v) is 7.59. The Bertz CT molecular complexity index is 1130. The third kappa shape index (κ3) is 2.95. The van der Waals surface area contributed by atoms with Gasteiger partial charge in [-0.1, -0.05) is 36.4 Å². The maximum absolute atomic E-state index is 13.3. The van der Waals surface area contributed by atoms with Crippen LogP contribution in [0.5, 0.6) is 0 Å². The maximum atomic E-state index is 13.3. The fraction of sp³-hybridized carbons (Fsp3) is 0.105. The van der Waals surface area contributed by atoms with Gasteiger partial charge in [-0.25, -0.2) is 4.98 Å². The quantitative estimate of drug-likeness (QED) is 0.572. The highest BCUT2D eigenvalue weighted by Gasteiger charge is 2.18. The SMILES string of the molecule is NC(=O)CCn1c(-c2ccccc2)nc2scc(-c3cccs3)c2c1=O. The molecular weight excluding hydrogens is 366 g/mol. The van der Waals surface area contributed by atoms with Crippen LogP contribution in [0.15, 0.2) is 58.0 Å². The average Bonchev–Trinajstić information content (AvgIpc) is 3.30. The lowest BCUT2D eigenvalue weighted by atomic mass is 10.1. The van der Waals surface area contributed by atoms with Crippen molar-refractivity contribution in [2.24, 2.45) is 5.73 Å². The molecule has 1 amide bonds. The van der Waals surface area contributed by atoms with Gasteiger partial charge in [0.15, 0.2) is 0 Å². The van der Waals surface area contributed by atoms with Gasteiger partial charge >= 0.3 is 0 Å². The molecule has 3 heterocycles. The lowest BCUT2D eigenvalue weighted by Gasteiger charge is -2.12. The van der Waals surface area contributed by atoms with Gasteiger partial charge in [-0.2, -0.15) is 0 Å². The van der Waals surface area contributed by atoms with Gasteiger partial charge in [0.05, 0.1) is 5.39 Å². The van der Waals surface area contributed by atoms with E-state index in [2.05, 4.69) is 0 Å². The van der Waals surface area contributed by atoms with Gasteiger partial charge in [-0.15, -0.1) is 22.7 Å². The summed E-state index contributed by atoms with van der Waals surface area (Å²) < 4.78 is 1.56. The highest BCUT2D eigenvalue weighted by molar-refractivity contribution is 7.18. The number of fused-ring (bicyclic) bond motifs is 1. The molecule has 1 aromatic carbocycles. The first-order chi connectivity index (χ1) is 12.6. The molecule has 0 saturated carbocycles. The molecule has 130 valence electrons. The van der Waals surface area contributed by atoms with Crippen LogP contribution in [-0.2, 0) is 11.3 Å². The van der Waals surface area contributed by atoms with Crippen molar-refractivity contribution in [1.82, 2.24) is 9.55 Å². The predicted molar refractivity (Wildman–Crippen MR) is 106 cm³/mol. The van der Waals surface area contributed by atoms with E-state index in [1.54, 1.807) is 15.9 Å². The molecule has 7 heteroatoms. The molecule has 2 N–H and O–H groups in total. The van der Waals surface area contributed by atoms with Crippen molar-refractivity contribution < 1.29 is 4.79 Å². The molecule has 0 unspecified atom stereocenters. The molecule has 0 aliphatic heterocycles. The lowest BCUT2D eigenvalue weighted by molar-refractivity contribution is -0.118. The minimum absolute atomic E-state index is 0.0887. The van der Waals surface area contributed by atoms with Gasteiger partial charge in [-0.3, -0.25) is 14.2 Å². The number of amides is 1. The molecule has 0 atom stereocenters. The summed E-state index contributed by atoms with van der Waals surface area (Å²) in [6, 6.07) is 13.5. The van der Waals surface area contributed by atoms with Gasteiger partial charge in [0, 0.05) is 34.3 Å². The Hall–Kier alpha value is -2.77. The molecular formula is C19H15N3O2S2. The molecule has 0 saturated heterocycles. The van der Waals surface area contributed by atoms with E-state index < -0.39 is 5.91 Å². The first-order valence-electron chi connectivity index (χ1n) is 8.05. The number of nitrogens with zero attached hydrogens (tertiary/aromatic N) is 2. The zero-order valence-electron chi connectivity index (χ0n) is 13.7. The second kappa shape index (κ2) is 6.86. The van der Waals surface area contributed by atoms with Crippen molar-refractivity contribution in [2.75, 3.05) is 0 Å². The van der Waals surface area contributed by atoms with Crippen molar-refractivity contribution in [1.29, 1.82) is 0 Å². The topological polar surface area (TPSA) is 78.0 Å². The maximum Gasteiger partial charge on any atom is 0.263 e. The summed E-state index contributed by atoms with van der Waals surface area (Å²) >= 11 is 3.04. The fourth-order valence-electron chi connectivity index (χ4n) is 2.87. The van der Waals surface area contributed by atoms with Crippen LogP contribution in [0.25, 0.3) is 32.0 Å². The van der Waals surface area contributed by atoms with Crippen molar-refractivity contribution in [3.05, 3.63) is 63.6 Å². The van der Waals surface area contributed by atoms with Crippen LogP contribution in [0.2, 0.25) is 0 Å². The molecule has 0 aliphatic carbocycles. The van der Waals surface area contributed by atoms with Crippen molar-refractivity contribution >= 4 is 38.8 Å². The van der Waals surface area contributed by atoms with E-state index in [9.17, 15) is 9.59 Å². The molecule has 0 spiro atoms. The predicted octanol–water partition coefficient (Wildman–Crippen LogP) is 3.73. The van der Waals surface area contributed by atoms with E-state index in [0.717, 1.165) is 16.0 Å². The number of aromatic nitrogens is 2. The van der Waals surface area contributed by atoms with E-state index >= 15 is 0 Å². The largest absolute Gasteiger partial charge is 0.370 e. The molecule has 26 heavy (non-hydrogen) atoms. The van der Waals surface area contributed by atoms with E-state index in [-0.39, 0.29) is 18.5 Å². The summed E-state index contributed by atoms with van der Waals surface area (Å²) in [5.41, 5.74) is 6.90. The smallest absolute Gasteiger partial charge is 0.263 e. The van der Waals surface area contributed by atoms with Gasteiger partial charge < -0.3 is 5.73 Å². The normalized spacial score (nSPS) is 11.1. The Morgan fingerprint density at radius 2 is 1.92 bits per heavy atom. The van der Waals surface area contributed by atoms with Crippen LogP contribution in [-0.4, -0.2) is 15.5 Å². The Labute approximate surface area is 157 Å². The molecule has 3 aromatic heterocycles. The standard InChI is InChI=1S/C19H15N3O2S2/c20-15(23)8-9-22-17(12-5-2-1-3-6-12)21-18-16(19(22)24)13(11-26-18)14-7-4-10-25-14/h1-7,10-11H,8-9H2,(H2,20,23). The van der Waals surface area contributed by atoms with Crippen LogP contribution in [0.1, 0.15) is 6.42 Å². The monoisotopic (exact) mass is 381 g/mol. The first-order valence-corrected chi connectivity index (χ1v) is 9.80. The van der Waals surface area contributed by atoms with E-state index in [4.69, 9.17) is 10.7 Å². The van der Waals surface area contributed by atoms with Crippen LogP contribution >= 0.6 is 22.7 Å². The number of carbonyl (C=O) groups excluding carboxylic acids is 1. The Morgan fingerprint density at radius 3 is 2.62 bits per heavy atom. The molecule has 5 nitrogen and oxygen atoms in total. The Balaban J connectivity index is 1.98. The third-order valence-corrected chi connectivity index (χ3v) is 5.87. The van der Waals surface area contributed by atoms with E-state index in [0.29, 0.717) is 16.0 Å². The van der Waals surface area contributed by atoms with Crippen LogP contribution in [0.4, 0.5) is 0 Å². The summed E-state index contributed by atoms with van der Waals surface area (Å²) in [6.07, 6.45) is 0.0887. The minimum Gasteiger partial charge on any atom is -0.370 e. The van der Waals surface area contributed by atoms with Gasteiger partial charge in [-0.05, 0) is 11.4 Å². The highest BCUT2D eigenvalue weighted by atomic mass is 32.1. The second-order valence-electron chi connectivity index (χ2n) is 5.78. The van der Waals surface area contributed by atoms with Crippen molar-refractivity contribution in [3.8, 4) is 21.8 Å². The fourth-order valence-corrected chi connectivity index (χ4v) is 4.63. The number of thiophene rings is 2. The van der Waals surface area contributed by atoms with E-state index in [1.165, 1.54) is 11.3 Å². The van der Waals surface area contributed by atoms with Crippen molar-refractivity contribution in [2.45, 2.75) is 13.0 Å². The molecule has 0 bridgehead atoms. The highest BCUT2D eigenvalue weighted by Crippen LogP contribution is 2.34. The zero-order valence-corrected chi connectivity index (χ0v) is 15.3. The Morgan fingerprint density at radius 1 is 1.12 bits per heavy atom. The third-order valence-electron chi connectivity index (χ3n) is 4.09. The van der Waals surface area contributed by atoms with Crippen LogP contribution in [0, 0.1) is 0 Å². The summed E-state index contributed by atoms with van der Waals surface area (Å²) in [5, 5.41) is 4.55. The summed E-state index contributed by atoms with van der Waals surface area (Å²) in [5.74, 6) is 0.115. The number of hydrogen-bond acceptors (Lipinski definition) is 5. The average molecular weight is 381 g/mol. The molecule has 0 radical (unpaired) electrons. The van der Waals surface area contributed by atoms with Gasteiger partial charge in [0.1, 0.15) is 10.7 Å². The number of nitrogens with two attached hydrogens (primary N) is 1. The van der Waals surface area contributed by atoms with Crippen LogP contribution in [0.3, 0.4) is 0 Å². The molecule has 4 rings (SSSR count). The van der Waals surface area contributed by atoms with E-state index in [1.807, 2.05) is 53.2 Å². The molecule has 4 aromatic rings. The van der Waals surface area contributed by atoms with Gasteiger partial charge in [0.25, 0.3) is 5.56 Å². The zero-order chi connectivity index (χ0) is 18.1. The molecule has 0 fully saturated rings. The number of hydrogen-bond donors (Lipinski definition) is 1. The Kier molecular flexibility index (Phi) is 4.40. The van der Waals surface area contributed by atoms with Gasteiger partial charge in [0.2, 0.25) is 5.91 Å². The summed E-state index contributed by atoms with van der Waals surface area (Å²) in [6.45, 7) is 0.209. The minimum atomic E-state index is -0.445. The first kappa shape index (κ1) is 16.7. The van der Waals surface area contributed by atoms with Crippen molar-refractivity contribution in [3.63, 3.8) is 0 Å². The number of primary amides is 1. The summed E-state index contributed by atoms with van der Waals surface area (Å²) in [7, 11) is 0. The number of carbonyl (C=O) groups is 1. The number of rotatable bonds is 5. The lowest BCUT2D eigenvalue weighted by Crippen LogP contribution is -2.26. The molecule has 0 aliphatic rings. The summed E-state index contributed by atoms with van der Waals surface area (Å²) in [4.78, 5) is 31.1. The number of benzene rings is 1.